The van der Waals surface area contributed by atoms with Crippen LogP contribution in [-0.2, 0) is 0 Å². The highest BCUT2D eigenvalue weighted by Crippen LogP contribution is 2.24. The lowest BCUT2D eigenvalue weighted by Gasteiger charge is -2.13. The Morgan fingerprint density at radius 2 is 2.09 bits per heavy atom. The van der Waals surface area contributed by atoms with Crippen LogP contribution in [0.15, 0.2) is 55.2 Å². The van der Waals surface area contributed by atoms with Gasteiger partial charge in [-0.15, -0.1) is 0 Å². The highest BCUT2D eigenvalue weighted by atomic mass is 19.3. The summed E-state index contributed by atoms with van der Waals surface area (Å²) in [4.78, 5) is 7.99. The van der Waals surface area contributed by atoms with Crippen LogP contribution in [0, 0.1) is 0 Å². The molecule has 0 saturated carbocycles. The Hall–Kier alpha value is -2.83. The van der Waals surface area contributed by atoms with Gasteiger partial charge < -0.3 is 4.74 Å². The van der Waals surface area contributed by atoms with Crippen LogP contribution in [0.3, 0.4) is 0 Å². The van der Waals surface area contributed by atoms with Crippen molar-refractivity contribution >= 4 is 0 Å². The second kappa shape index (κ2) is 5.51. The van der Waals surface area contributed by atoms with Gasteiger partial charge in [-0.2, -0.15) is 13.9 Å². The monoisotopic (exact) mass is 302 g/mol. The molecule has 1 aromatic carbocycles. The SMILES string of the molecule is CC(F)(F)Oc1cccc(-n2cc(-c3ccncn3)cn2)c1. The molecule has 0 aliphatic heterocycles. The number of hydrogen-bond acceptors (Lipinski definition) is 4. The molecule has 2 aromatic heterocycles. The van der Waals surface area contributed by atoms with Crippen LogP contribution < -0.4 is 4.74 Å². The molecule has 3 rings (SSSR count). The molecule has 0 bridgehead atoms. The van der Waals surface area contributed by atoms with Gasteiger partial charge in [0.1, 0.15) is 12.1 Å². The molecular formula is C15H12F2N4O. The fraction of sp³-hybridized carbons (Fsp3) is 0.133. The Labute approximate surface area is 125 Å². The van der Waals surface area contributed by atoms with E-state index in [1.54, 1.807) is 41.5 Å². The first-order chi connectivity index (χ1) is 10.5. The quantitative estimate of drug-likeness (QED) is 0.742. The minimum absolute atomic E-state index is 0.0732. The summed E-state index contributed by atoms with van der Waals surface area (Å²) >= 11 is 0. The molecule has 7 heteroatoms. The third-order valence-electron chi connectivity index (χ3n) is 2.84. The largest absolute Gasteiger partial charge is 0.433 e. The van der Waals surface area contributed by atoms with E-state index in [0.717, 1.165) is 11.3 Å². The Kier molecular flexibility index (Phi) is 3.54. The van der Waals surface area contributed by atoms with E-state index >= 15 is 0 Å². The van der Waals surface area contributed by atoms with Crippen molar-refractivity contribution < 1.29 is 13.5 Å². The molecule has 0 fully saturated rings. The number of hydrogen-bond donors (Lipinski definition) is 0. The van der Waals surface area contributed by atoms with Gasteiger partial charge in [0.2, 0.25) is 0 Å². The number of nitrogens with zero attached hydrogens (tertiary/aromatic N) is 4. The molecule has 0 aliphatic rings. The number of aromatic nitrogens is 4. The van der Waals surface area contributed by atoms with Crippen LogP contribution in [0.4, 0.5) is 8.78 Å². The molecule has 3 aromatic rings. The number of alkyl halides is 2. The summed E-state index contributed by atoms with van der Waals surface area (Å²) < 4.78 is 31.9. The summed E-state index contributed by atoms with van der Waals surface area (Å²) in [7, 11) is 0. The van der Waals surface area contributed by atoms with Crippen molar-refractivity contribution in [3.63, 3.8) is 0 Å². The van der Waals surface area contributed by atoms with E-state index in [4.69, 9.17) is 0 Å². The van der Waals surface area contributed by atoms with Crippen LogP contribution in [0.2, 0.25) is 0 Å². The first kappa shape index (κ1) is 14.1. The molecule has 0 spiro atoms. The van der Waals surface area contributed by atoms with Gasteiger partial charge in [0.05, 0.1) is 17.6 Å². The predicted molar refractivity (Wildman–Crippen MR) is 75.8 cm³/mol. The zero-order valence-electron chi connectivity index (χ0n) is 11.6. The molecule has 2 heterocycles. The van der Waals surface area contributed by atoms with Gasteiger partial charge in [0.25, 0.3) is 0 Å². The Bertz CT molecular complexity index is 768. The fourth-order valence-corrected chi connectivity index (χ4v) is 1.95. The lowest BCUT2D eigenvalue weighted by atomic mass is 10.2. The van der Waals surface area contributed by atoms with Crippen molar-refractivity contribution in [2.45, 2.75) is 13.0 Å². The second-order valence-electron chi connectivity index (χ2n) is 4.68. The average molecular weight is 302 g/mol. The zero-order chi connectivity index (χ0) is 15.6. The van der Waals surface area contributed by atoms with E-state index in [1.165, 1.54) is 18.5 Å². The highest BCUT2D eigenvalue weighted by molar-refractivity contribution is 5.57. The smallest absolute Gasteiger partial charge is 0.394 e. The third-order valence-corrected chi connectivity index (χ3v) is 2.84. The molecule has 5 nitrogen and oxygen atoms in total. The molecule has 22 heavy (non-hydrogen) atoms. The second-order valence-corrected chi connectivity index (χ2v) is 4.68. The molecule has 0 atom stereocenters. The van der Waals surface area contributed by atoms with Gasteiger partial charge in [-0.25, -0.2) is 14.6 Å². The summed E-state index contributed by atoms with van der Waals surface area (Å²) in [6, 6.07) is 8.10. The average Bonchev–Trinajstić information content (AvgIpc) is 2.96. The van der Waals surface area contributed by atoms with E-state index in [0.29, 0.717) is 12.6 Å². The molecule has 0 N–H and O–H groups in total. The van der Waals surface area contributed by atoms with Gasteiger partial charge in [0.15, 0.2) is 0 Å². The molecule has 112 valence electrons. The van der Waals surface area contributed by atoms with Crippen LogP contribution in [0.25, 0.3) is 16.9 Å². The Morgan fingerprint density at radius 3 is 2.82 bits per heavy atom. The molecule has 0 amide bonds. The van der Waals surface area contributed by atoms with Crippen molar-refractivity contribution in [2.75, 3.05) is 0 Å². The normalized spacial score (nSPS) is 11.4. The van der Waals surface area contributed by atoms with Gasteiger partial charge in [-0.05, 0) is 18.2 Å². The summed E-state index contributed by atoms with van der Waals surface area (Å²) in [6.45, 7) is 0.695. The van der Waals surface area contributed by atoms with Crippen LogP contribution >= 0.6 is 0 Å². The predicted octanol–water partition coefficient (Wildman–Crippen LogP) is 3.32. The van der Waals surface area contributed by atoms with Crippen LogP contribution in [0.1, 0.15) is 6.92 Å². The molecule has 0 radical (unpaired) electrons. The maximum atomic E-state index is 12.9. The summed E-state index contributed by atoms with van der Waals surface area (Å²) in [5.74, 6) is 0.0732. The standard InChI is InChI=1S/C15H12F2N4O/c1-15(16,17)22-13-4-2-3-12(7-13)21-9-11(8-20-21)14-5-6-18-10-19-14/h2-10H,1H3. The molecular weight excluding hydrogens is 290 g/mol. The van der Waals surface area contributed by atoms with Crippen molar-refractivity contribution in [3.8, 4) is 22.7 Å². The number of ether oxygens (including phenoxy) is 1. The maximum absolute atomic E-state index is 12.9. The van der Waals surface area contributed by atoms with Crippen molar-refractivity contribution in [3.05, 3.63) is 55.2 Å². The number of benzene rings is 1. The van der Waals surface area contributed by atoms with E-state index in [1.807, 2.05) is 0 Å². The summed E-state index contributed by atoms with van der Waals surface area (Å²) in [5.41, 5.74) is 2.14. The minimum atomic E-state index is -3.23. The lowest BCUT2D eigenvalue weighted by Crippen LogP contribution is -2.19. The topological polar surface area (TPSA) is 52.8 Å². The maximum Gasteiger partial charge on any atom is 0.394 e. The van der Waals surface area contributed by atoms with Gasteiger partial charge in [0, 0.05) is 30.9 Å². The first-order valence-electron chi connectivity index (χ1n) is 6.50. The van der Waals surface area contributed by atoms with E-state index in [2.05, 4.69) is 19.8 Å². The lowest BCUT2D eigenvalue weighted by molar-refractivity contribution is -0.158. The minimum Gasteiger partial charge on any atom is -0.433 e. The Balaban J connectivity index is 1.89. The van der Waals surface area contributed by atoms with Gasteiger partial charge in [-0.1, -0.05) is 6.07 Å². The third kappa shape index (κ3) is 3.25. The van der Waals surface area contributed by atoms with Crippen LogP contribution in [-0.4, -0.2) is 25.9 Å². The summed E-state index contributed by atoms with van der Waals surface area (Å²) in [5, 5.41) is 4.21. The fourth-order valence-electron chi connectivity index (χ4n) is 1.95. The van der Waals surface area contributed by atoms with E-state index < -0.39 is 6.11 Å². The van der Waals surface area contributed by atoms with Crippen LogP contribution in [0.5, 0.6) is 5.75 Å². The van der Waals surface area contributed by atoms with Gasteiger partial charge in [-0.3, -0.25) is 0 Å². The number of halogens is 2. The summed E-state index contributed by atoms with van der Waals surface area (Å²) in [6.07, 6.45) is 3.26. The van der Waals surface area contributed by atoms with Crippen molar-refractivity contribution in [2.24, 2.45) is 0 Å². The van der Waals surface area contributed by atoms with Crippen molar-refractivity contribution in [1.29, 1.82) is 0 Å². The van der Waals surface area contributed by atoms with E-state index in [9.17, 15) is 8.78 Å². The van der Waals surface area contributed by atoms with E-state index in [-0.39, 0.29) is 5.75 Å². The van der Waals surface area contributed by atoms with Gasteiger partial charge >= 0.3 is 6.11 Å². The highest BCUT2D eigenvalue weighted by Gasteiger charge is 2.23. The first-order valence-corrected chi connectivity index (χ1v) is 6.50. The number of rotatable bonds is 4. The Morgan fingerprint density at radius 1 is 1.23 bits per heavy atom. The molecule has 0 saturated heterocycles. The molecule has 0 unspecified atom stereocenters. The zero-order valence-corrected chi connectivity index (χ0v) is 11.6. The van der Waals surface area contributed by atoms with Crippen molar-refractivity contribution in [1.82, 2.24) is 19.7 Å². The molecule has 0 aliphatic carbocycles.